The molecule has 1 aromatic heterocycles. The number of ether oxygens (including phenoxy) is 1. The molecule has 4 aromatic rings. The van der Waals surface area contributed by atoms with Crippen LogP contribution in [0.5, 0.6) is 0 Å². The molecule has 0 aliphatic carbocycles. The van der Waals surface area contributed by atoms with Crippen LogP contribution in [-0.2, 0) is 17.8 Å². The summed E-state index contributed by atoms with van der Waals surface area (Å²) < 4.78 is 7.80. The van der Waals surface area contributed by atoms with Crippen LogP contribution in [0.2, 0.25) is 0 Å². The monoisotopic (exact) mass is 526 g/mol. The van der Waals surface area contributed by atoms with E-state index in [2.05, 4.69) is 72.3 Å². The lowest BCUT2D eigenvalue weighted by molar-refractivity contribution is 0.0371. The number of fused-ring (bicyclic) bond motifs is 1. The molecular weight excluding hydrogens is 488 g/mol. The summed E-state index contributed by atoms with van der Waals surface area (Å²) in [5.41, 5.74) is 4.15. The van der Waals surface area contributed by atoms with Gasteiger partial charge in [-0.15, -0.1) is 0 Å². The molecule has 1 N–H and O–H groups in total. The molecule has 1 atom stereocenters. The SMILES string of the molecule is CC(C)[C@H](COC(=O)N1CCC(n2c(=O)[nH]c3ccccc32)CC1)N(Cc1ccccc1)Cc1ccccc1. The number of likely N-dealkylation sites (tertiary alicyclic amines) is 1. The summed E-state index contributed by atoms with van der Waals surface area (Å²) in [6.45, 7) is 7.40. The molecule has 5 rings (SSSR count). The minimum atomic E-state index is -0.273. The van der Waals surface area contributed by atoms with E-state index in [0.29, 0.717) is 25.6 Å². The van der Waals surface area contributed by atoms with E-state index in [9.17, 15) is 9.59 Å². The number of hydrogen-bond donors (Lipinski definition) is 1. The molecule has 0 unspecified atom stereocenters. The number of aromatic nitrogens is 2. The fraction of sp³-hybridized carbons (Fsp3) is 0.375. The van der Waals surface area contributed by atoms with Crippen LogP contribution >= 0.6 is 0 Å². The Bertz CT molecular complexity index is 1360. The Morgan fingerprint density at radius 3 is 2.05 bits per heavy atom. The number of imidazole rings is 1. The lowest BCUT2D eigenvalue weighted by Crippen LogP contribution is -2.45. The van der Waals surface area contributed by atoms with E-state index in [1.54, 1.807) is 4.90 Å². The van der Waals surface area contributed by atoms with Gasteiger partial charge < -0.3 is 14.6 Å². The molecule has 204 valence electrons. The molecule has 0 spiro atoms. The van der Waals surface area contributed by atoms with Gasteiger partial charge in [0.1, 0.15) is 6.61 Å². The fourth-order valence-corrected chi connectivity index (χ4v) is 5.64. The highest BCUT2D eigenvalue weighted by Crippen LogP contribution is 2.26. The quantitative estimate of drug-likeness (QED) is 0.298. The van der Waals surface area contributed by atoms with Crippen LogP contribution in [0.3, 0.4) is 0 Å². The van der Waals surface area contributed by atoms with Crippen molar-refractivity contribution in [2.75, 3.05) is 19.7 Å². The second-order valence-corrected chi connectivity index (χ2v) is 10.8. The van der Waals surface area contributed by atoms with Gasteiger partial charge in [-0.25, -0.2) is 9.59 Å². The average Bonchev–Trinajstić information content (AvgIpc) is 3.29. The molecule has 7 heteroatoms. The van der Waals surface area contributed by atoms with Gasteiger partial charge in [0.2, 0.25) is 0 Å². The number of piperidine rings is 1. The first kappa shape index (κ1) is 26.8. The van der Waals surface area contributed by atoms with Crippen LogP contribution in [0, 0.1) is 5.92 Å². The van der Waals surface area contributed by atoms with Gasteiger partial charge in [-0.1, -0.05) is 86.6 Å². The maximum absolute atomic E-state index is 13.1. The zero-order chi connectivity index (χ0) is 27.2. The Morgan fingerprint density at radius 1 is 0.897 bits per heavy atom. The molecule has 7 nitrogen and oxygen atoms in total. The van der Waals surface area contributed by atoms with Gasteiger partial charge in [-0.3, -0.25) is 9.47 Å². The fourth-order valence-electron chi connectivity index (χ4n) is 5.64. The maximum Gasteiger partial charge on any atom is 0.409 e. The van der Waals surface area contributed by atoms with Crippen molar-refractivity contribution in [3.8, 4) is 0 Å². The number of nitrogens with one attached hydrogen (secondary N) is 1. The van der Waals surface area contributed by atoms with Crippen molar-refractivity contribution in [1.82, 2.24) is 19.4 Å². The number of carbonyl (C=O) groups excluding carboxylic acids is 1. The Kier molecular flexibility index (Phi) is 8.47. The van der Waals surface area contributed by atoms with Gasteiger partial charge in [0.15, 0.2) is 0 Å². The second kappa shape index (κ2) is 12.3. The third-order valence-electron chi connectivity index (χ3n) is 7.78. The van der Waals surface area contributed by atoms with Crippen molar-refractivity contribution >= 4 is 17.1 Å². The summed E-state index contributed by atoms with van der Waals surface area (Å²) in [7, 11) is 0. The molecule has 1 aliphatic heterocycles. The highest BCUT2D eigenvalue weighted by atomic mass is 16.6. The Morgan fingerprint density at radius 2 is 1.46 bits per heavy atom. The topological polar surface area (TPSA) is 70.6 Å². The Hall–Kier alpha value is -3.84. The lowest BCUT2D eigenvalue weighted by atomic mass is 10.0. The Balaban J connectivity index is 1.22. The van der Waals surface area contributed by atoms with Crippen LogP contribution < -0.4 is 5.69 Å². The third kappa shape index (κ3) is 6.42. The van der Waals surface area contributed by atoms with Gasteiger partial charge in [-0.2, -0.15) is 0 Å². The molecular formula is C32H38N4O3. The van der Waals surface area contributed by atoms with E-state index < -0.39 is 0 Å². The minimum Gasteiger partial charge on any atom is -0.448 e. The summed E-state index contributed by atoms with van der Waals surface area (Å²) in [4.78, 5) is 32.9. The van der Waals surface area contributed by atoms with Gasteiger partial charge in [0.25, 0.3) is 0 Å². The molecule has 0 bridgehead atoms. The first-order chi connectivity index (χ1) is 19.0. The van der Waals surface area contributed by atoms with Gasteiger partial charge in [0.05, 0.1) is 11.0 Å². The molecule has 0 radical (unpaired) electrons. The molecule has 1 fully saturated rings. The molecule has 1 aliphatic rings. The minimum absolute atomic E-state index is 0.0633. The number of rotatable bonds is 9. The van der Waals surface area contributed by atoms with E-state index >= 15 is 0 Å². The predicted molar refractivity (Wildman–Crippen MR) is 155 cm³/mol. The van der Waals surface area contributed by atoms with Gasteiger partial charge in [-0.05, 0) is 42.0 Å². The van der Waals surface area contributed by atoms with Crippen LogP contribution in [0.25, 0.3) is 11.0 Å². The number of hydrogen-bond acceptors (Lipinski definition) is 4. The third-order valence-corrected chi connectivity index (χ3v) is 7.78. The van der Waals surface area contributed by atoms with Crippen molar-refractivity contribution in [2.45, 2.75) is 51.9 Å². The normalized spacial score (nSPS) is 15.2. The first-order valence-electron chi connectivity index (χ1n) is 13.9. The van der Waals surface area contributed by atoms with E-state index in [1.165, 1.54) is 11.1 Å². The van der Waals surface area contributed by atoms with Crippen LogP contribution in [-0.4, -0.2) is 51.2 Å². The molecule has 2 heterocycles. The van der Waals surface area contributed by atoms with E-state index in [-0.39, 0.29) is 23.9 Å². The molecule has 39 heavy (non-hydrogen) atoms. The molecule has 1 amide bonds. The molecule has 0 saturated carbocycles. The Labute approximate surface area is 230 Å². The highest BCUT2D eigenvalue weighted by molar-refractivity contribution is 5.75. The van der Waals surface area contributed by atoms with E-state index in [4.69, 9.17) is 4.74 Å². The number of amides is 1. The summed E-state index contributed by atoms with van der Waals surface area (Å²) in [6, 6.07) is 28.8. The van der Waals surface area contributed by atoms with Crippen LogP contribution in [0.15, 0.2) is 89.7 Å². The predicted octanol–water partition coefficient (Wildman–Crippen LogP) is 5.83. The second-order valence-electron chi connectivity index (χ2n) is 10.8. The summed E-state index contributed by atoms with van der Waals surface area (Å²) in [6.07, 6.45) is 1.17. The zero-order valence-corrected chi connectivity index (χ0v) is 22.8. The standard InChI is InChI=1S/C32H38N4O3/c1-24(2)30(35(21-25-11-5-3-6-12-25)22-26-13-7-4-8-14-26)23-39-32(38)34-19-17-27(18-20-34)36-29-16-10-9-15-28(29)33-31(36)37/h3-16,24,27,30H,17-23H2,1-2H3,(H,33,37)/t30-/m0/s1. The summed E-state index contributed by atoms with van der Waals surface area (Å²) in [5.74, 6) is 0.296. The van der Waals surface area contributed by atoms with Gasteiger partial charge >= 0.3 is 11.8 Å². The lowest BCUT2D eigenvalue weighted by Gasteiger charge is -2.36. The van der Waals surface area contributed by atoms with E-state index in [1.807, 2.05) is 41.0 Å². The number of nitrogens with zero attached hydrogens (tertiary/aromatic N) is 3. The van der Waals surface area contributed by atoms with Crippen molar-refractivity contribution < 1.29 is 9.53 Å². The zero-order valence-electron chi connectivity index (χ0n) is 22.8. The number of aromatic amines is 1. The van der Waals surface area contributed by atoms with Crippen molar-refractivity contribution in [1.29, 1.82) is 0 Å². The number of H-pyrrole nitrogens is 1. The maximum atomic E-state index is 13.1. The first-order valence-corrected chi connectivity index (χ1v) is 13.9. The number of benzene rings is 3. The van der Waals surface area contributed by atoms with Crippen LogP contribution in [0.4, 0.5) is 4.79 Å². The van der Waals surface area contributed by atoms with Crippen LogP contribution in [0.1, 0.15) is 43.9 Å². The van der Waals surface area contributed by atoms with Gasteiger partial charge in [0, 0.05) is 38.3 Å². The largest absolute Gasteiger partial charge is 0.448 e. The number of para-hydroxylation sites is 2. The smallest absolute Gasteiger partial charge is 0.409 e. The molecule has 1 saturated heterocycles. The summed E-state index contributed by atoms with van der Waals surface area (Å²) >= 11 is 0. The van der Waals surface area contributed by atoms with Crippen molar-refractivity contribution in [2.24, 2.45) is 5.92 Å². The van der Waals surface area contributed by atoms with E-state index in [0.717, 1.165) is 37.0 Å². The number of carbonyl (C=O) groups is 1. The summed E-state index contributed by atoms with van der Waals surface area (Å²) in [5, 5.41) is 0. The highest BCUT2D eigenvalue weighted by Gasteiger charge is 2.29. The molecule has 3 aromatic carbocycles. The van der Waals surface area contributed by atoms with Crippen molar-refractivity contribution in [3.63, 3.8) is 0 Å². The average molecular weight is 527 g/mol. The van der Waals surface area contributed by atoms with Crippen molar-refractivity contribution in [3.05, 3.63) is 107 Å².